The Morgan fingerprint density at radius 2 is 1.94 bits per heavy atom. The summed E-state index contributed by atoms with van der Waals surface area (Å²) in [7, 11) is -2.41. The summed E-state index contributed by atoms with van der Waals surface area (Å²) in [5.74, 6) is 0.618. The number of fused-ring (bicyclic) bond motifs is 2. The number of thiol groups is 2. The molecule has 0 spiro atoms. The van der Waals surface area contributed by atoms with Crippen LogP contribution in [0.25, 0.3) is 0 Å². The highest BCUT2D eigenvalue weighted by molar-refractivity contribution is 8.69. The van der Waals surface area contributed by atoms with Crippen molar-refractivity contribution in [3.8, 4) is 0 Å². The van der Waals surface area contributed by atoms with Crippen molar-refractivity contribution in [2.24, 2.45) is 5.92 Å². The van der Waals surface area contributed by atoms with E-state index in [1.165, 1.54) is 24.8 Å². The van der Waals surface area contributed by atoms with E-state index in [4.69, 9.17) is 0 Å². The minimum atomic E-state index is -2.41. The lowest BCUT2D eigenvalue weighted by Crippen LogP contribution is -2.39. The fraction of sp³-hybridized carbons (Fsp3) is 0.538. The van der Waals surface area contributed by atoms with E-state index in [1.54, 1.807) is 0 Å². The average molecular weight is 254 g/mol. The first kappa shape index (κ1) is 10.8. The molecule has 0 N–H and O–H groups in total. The lowest BCUT2D eigenvalue weighted by atomic mass is 9.84. The van der Waals surface area contributed by atoms with Gasteiger partial charge in [0.2, 0.25) is 0 Å². The maximum absolute atomic E-state index is 12.9. The van der Waals surface area contributed by atoms with E-state index in [1.807, 2.05) is 12.1 Å². The summed E-state index contributed by atoms with van der Waals surface area (Å²) < 4.78 is 12.9. The molecule has 88 valence electrons. The lowest BCUT2D eigenvalue weighted by molar-refractivity contribution is 0.353. The third-order valence-corrected chi connectivity index (χ3v) is 8.38. The molecule has 0 aromatic heterocycles. The second-order valence-corrected chi connectivity index (χ2v) is 9.24. The molecule has 1 aliphatic heterocycles. The number of rotatable bonds is 0. The fourth-order valence-corrected chi connectivity index (χ4v) is 7.43. The third-order valence-electron chi connectivity index (χ3n) is 4.14. The van der Waals surface area contributed by atoms with Gasteiger partial charge in [0.05, 0.1) is 0 Å². The largest absolute Gasteiger partial charge is 0.271 e. The van der Waals surface area contributed by atoms with Crippen molar-refractivity contribution in [1.29, 1.82) is 0 Å². The van der Waals surface area contributed by atoms with Crippen molar-refractivity contribution >= 4 is 20.6 Å². The van der Waals surface area contributed by atoms with Gasteiger partial charge in [0.1, 0.15) is 0 Å². The van der Waals surface area contributed by atoms with Crippen LogP contribution in [-0.4, -0.2) is 9.46 Å². The van der Waals surface area contributed by atoms with Gasteiger partial charge in [0.25, 0.3) is 0 Å². The molecule has 1 nitrogen and oxygen atoms in total. The Morgan fingerprint density at radius 3 is 2.81 bits per heavy atom. The Balaban J connectivity index is 2.11. The summed E-state index contributed by atoms with van der Waals surface area (Å²) in [5.41, 5.74) is 1.28. The minimum absolute atomic E-state index is 0.347. The Labute approximate surface area is 103 Å². The zero-order chi connectivity index (χ0) is 11.2. The van der Waals surface area contributed by atoms with Crippen molar-refractivity contribution in [2.75, 3.05) is 0 Å². The fourth-order valence-electron chi connectivity index (χ4n) is 3.34. The highest BCUT2D eigenvalue weighted by Crippen LogP contribution is 2.46. The van der Waals surface area contributed by atoms with E-state index in [9.17, 15) is 4.21 Å². The van der Waals surface area contributed by atoms with Gasteiger partial charge in [-0.3, -0.25) is 4.21 Å². The highest BCUT2D eigenvalue weighted by atomic mass is 33.1. The highest BCUT2D eigenvalue weighted by Gasteiger charge is 2.39. The van der Waals surface area contributed by atoms with Crippen LogP contribution in [0.3, 0.4) is 0 Å². The molecule has 1 aromatic rings. The molecule has 0 amide bonds. The molecule has 0 radical (unpaired) electrons. The molecule has 1 aliphatic carbocycles. The maximum atomic E-state index is 12.9. The van der Waals surface area contributed by atoms with Crippen molar-refractivity contribution < 1.29 is 4.21 Å². The summed E-state index contributed by atoms with van der Waals surface area (Å²) >= 11 is 4.57. The monoisotopic (exact) mass is 254 g/mol. The van der Waals surface area contributed by atoms with Gasteiger partial charge in [-0.1, -0.05) is 31.0 Å². The molecule has 0 bridgehead atoms. The van der Waals surface area contributed by atoms with Crippen LogP contribution in [0.5, 0.6) is 0 Å². The van der Waals surface area contributed by atoms with E-state index in [2.05, 4.69) is 23.8 Å². The number of hydrogen-bond acceptors (Lipinski definition) is 1. The quantitative estimate of drug-likeness (QED) is 0.537. The molecule has 2 atom stereocenters. The molecule has 1 unspecified atom stereocenters. The van der Waals surface area contributed by atoms with Crippen LogP contribution in [0.2, 0.25) is 0 Å². The van der Waals surface area contributed by atoms with Crippen molar-refractivity contribution in [3.05, 3.63) is 29.8 Å². The topological polar surface area (TPSA) is 17.1 Å². The zero-order valence-electron chi connectivity index (χ0n) is 9.30. The zero-order valence-corrected chi connectivity index (χ0v) is 11.1. The molecular formula is C13H18OS2. The Morgan fingerprint density at radius 1 is 1.19 bits per heavy atom. The molecule has 1 aromatic carbocycles. The van der Waals surface area contributed by atoms with E-state index < -0.39 is 8.96 Å². The van der Waals surface area contributed by atoms with Gasteiger partial charge in [-0.2, -0.15) is 0 Å². The van der Waals surface area contributed by atoms with Gasteiger partial charge in [-0.25, -0.2) is 0 Å². The molecular weight excluding hydrogens is 236 g/mol. The van der Waals surface area contributed by atoms with Gasteiger partial charge >= 0.3 is 0 Å². The summed E-state index contributed by atoms with van der Waals surface area (Å²) in [6, 6.07) is 8.19. The standard InChI is InChI=1S/C13H18OS2/c14-16(15)12-7-3-1-5-10(12)9-11-6-2-4-8-13(11)16/h1,3,5,7,11,13,16H,2,4,6,8-9H2,(H,14,15)/t11-,13?/m1/s1. The summed E-state index contributed by atoms with van der Waals surface area (Å²) in [6.07, 6.45) is 6.00. The lowest BCUT2D eigenvalue weighted by Gasteiger charge is -2.43. The van der Waals surface area contributed by atoms with Gasteiger partial charge in [-0.05, 0) is 45.8 Å². The van der Waals surface area contributed by atoms with Crippen LogP contribution in [0.15, 0.2) is 29.2 Å². The Bertz CT molecular complexity index is 455. The first-order chi connectivity index (χ1) is 7.69. The molecule has 1 fully saturated rings. The summed E-state index contributed by atoms with van der Waals surface area (Å²) in [6.45, 7) is 0. The minimum Gasteiger partial charge on any atom is -0.271 e. The van der Waals surface area contributed by atoms with Crippen LogP contribution in [0.4, 0.5) is 0 Å². The Hall–Kier alpha value is -0.280. The first-order valence-corrected chi connectivity index (χ1v) is 9.03. The predicted molar refractivity (Wildman–Crippen MR) is 72.7 cm³/mol. The maximum Gasteiger partial charge on any atom is 0.0279 e. The molecule has 2 aliphatic rings. The average Bonchev–Trinajstić information content (AvgIpc) is 2.29. The van der Waals surface area contributed by atoms with Gasteiger partial charge in [0, 0.05) is 10.1 Å². The second kappa shape index (κ2) is 3.88. The smallest absolute Gasteiger partial charge is 0.0279 e. The van der Waals surface area contributed by atoms with Crippen LogP contribution in [0.1, 0.15) is 31.2 Å². The third kappa shape index (κ3) is 1.56. The van der Waals surface area contributed by atoms with Crippen LogP contribution in [-0.2, 0) is 15.4 Å². The van der Waals surface area contributed by atoms with Gasteiger partial charge in [-0.15, -0.1) is 11.7 Å². The number of benzene rings is 1. The molecule has 1 saturated carbocycles. The van der Waals surface area contributed by atoms with Crippen molar-refractivity contribution in [3.63, 3.8) is 0 Å². The first-order valence-electron chi connectivity index (χ1n) is 6.10. The molecule has 0 saturated heterocycles. The Kier molecular flexibility index (Phi) is 2.63. The SMILES string of the molecule is O=[SH]1(S)c2ccccc2C[C@H]2CCCCC21. The van der Waals surface area contributed by atoms with Crippen molar-refractivity contribution in [2.45, 2.75) is 42.2 Å². The normalized spacial score (nSPS) is 33.6. The van der Waals surface area contributed by atoms with Crippen LogP contribution >= 0.6 is 11.7 Å². The molecule has 3 heteroatoms. The molecule has 3 rings (SSSR count). The number of hydrogen-bond donors (Lipinski definition) is 2. The van der Waals surface area contributed by atoms with Crippen LogP contribution in [0, 0.1) is 5.92 Å². The second-order valence-electron chi connectivity index (χ2n) is 5.07. The predicted octanol–water partition coefficient (Wildman–Crippen LogP) is 3.02. The van der Waals surface area contributed by atoms with E-state index in [-0.39, 0.29) is 0 Å². The van der Waals surface area contributed by atoms with E-state index in [0.29, 0.717) is 11.2 Å². The summed E-state index contributed by atoms with van der Waals surface area (Å²) in [4.78, 5) is 1.04. The summed E-state index contributed by atoms with van der Waals surface area (Å²) in [5, 5.41) is 0.347. The molecule has 16 heavy (non-hydrogen) atoms. The van der Waals surface area contributed by atoms with E-state index >= 15 is 0 Å². The van der Waals surface area contributed by atoms with Gasteiger partial charge in [0.15, 0.2) is 0 Å². The van der Waals surface area contributed by atoms with Crippen molar-refractivity contribution in [1.82, 2.24) is 0 Å². The van der Waals surface area contributed by atoms with Crippen LogP contribution < -0.4 is 0 Å². The van der Waals surface area contributed by atoms with Gasteiger partial charge < -0.3 is 0 Å². The molecule has 1 heterocycles. The van der Waals surface area contributed by atoms with E-state index in [0.717, 1.165) is 17.7 Å².